The molecule has 1 aromatic heterocycles. The molecule has 0 aliphatic rings. The van der Waals surface area contributed by atoms with Gasteiger partial charge in [-0.05, 0) is 49.4 Å². The van der Waals surface area contributed by atoms with Crippen LogP contribution in [0.25, 0.3) is 10.9 Å². The van der Waals surface area contributed by atoms with E-state index in [-0.39, 0.29) is 0 Å². The molecule has 34 heavy (non-hydrogen) atoms. The van der Waals surface area contributed by atoms with Gasteiger partial charge in [0.05, 0.1) is 0 Å². The summed E-state index contributed by atoms with van der Waals surface area (Å²) in [6.07, 6.45) is 6.80. The second-order valence-corrected chi connectivity index (χ2v) is 8.45. The second kappa shape index (κ2) is 17.8. The van der Waals surface area contributed by atoms with Crippen LogP contribution in [0.3, 0.4) is 0 Å². The Balaban J connectivity index is 0.000000507. The van der Waals surface area contributed by atoms with E-state index >= 15 is 0 Å². The molecule has 2 rings (SSSR count). The number of para-hydroxylation sites is 1. The number of fused-ring (bicyclic) bond motifs is 1. The minimum absolute atomic E-state index is 0.347. The smallest absolute Gasteiger partial charge is 0.320 e. The number of carboxylic acids is 3. The number of aromatic amines is 1. The first kappa shape index (κ1) is 31.4. The predicted molar refractivity (Wildman–Crippen MR) is 135 cm³/mol. The summed E-state index contributed by atoms with van der Waals surface area (Å²) in [6.45, 7) is 0.604. The highest BCUT2D eigenvalue weighted by Crippen LogP contribution is 2.18. The largest absolute Gasteiger partial charge is 0.480 e. The van der Waals surface area contributed by atoms with Crippen molar-refractivity contribution in [1.82, 2.24) is 4.98 Å². The Labute approximate surface area is 203 Å². The van der Waals surface area contributed by atoms with Gasteiger partial charge in [-0.3, -0.25) is 14.4 Å². The SMILES string of the molecule is CSCCC(N)C(=O)O.NC(Cc1c[nH]c2ccccc12)C(=O)O.NCCCCC(N)C(=O)O. The molecular formula is C22H37N5O6S. The van der Waals surface area contributed by atoms with Crippen LogP contribution < -0.4 is 22.9 Å². The van der Waals surface area contributed by atoms with Crippen molar-refractivity contribution >= 4 is 40.6 Å². The van der Waals surface area contributed by atoms with Gasteiger partial charge in [0.15, 0.2) is 0 Å². The van der Waals surface area contributed by atoms with Gasteiger partial charge < -0.3 is 43.2 Å². The number of aliphatic carboxylic acids is 3. The van der Waals surface area contributed by atoms with Gasteiger partial charge in [0, 0.05) is 23.5 Å². The number of nitrogens with two attached hydrogens (primary N) is 4. The average Bonchev–Trinajstić information content (AvgIpc) is 3.21. The number of H-pyrrole nitrogens is 1. The first-order valence-electron chi connectivity index (χ1n) is 10.7. The van der Waals surface area contributed by atoms with E-state index in [9.17, 15) is 14.4 Å². The minimum Gasteiger partial charge on any atom is -0.480 e. The zero-order valence-corrected chi connectivity index (χ0v) is 20.2. The van der Waals surface area contributed by atoms with E-state index < -0.39 is 36.0 Å². The molecule has 3 atom stereocenters. The topological polar surface area (TPSA) is 232 Å². The molecule has 0 aliphatic carbocycles. The lowest BCUT2D eigenvalue weighted by Crippen LogP contribution is -2.32. The fourth-order valence-electron chi connectivity index (χ4n) is 2.63. The molecule has 192 valence electrons. The van der Waals surface area contributed by atoms with Gasteiger partial charge in [-0.15, -0.1) is 0 Å². The molecule has 0 bridgehead atoms. The fraction of sp³-hybridized carbons (Fsp3) is 0.500. The Morgan fingerprint density at radius 1 is 0.912 bits per heavy atom. The van der Waals surface area contributed by atoms with Crippen molar-refractivity contribution in [2.45, 2.75) is 50.2 Å². The standard InChI is InChI=1S/C11H12N2O2.C6H14N2O2.C5H11NO2S/c12-9(11(14)15)5-7-6-13-10-4-2-1-3-8(7)10;7-4-2-1-3-5(8)6(9)10;1-9-3-2-4(6)5(7)8/h1-4,6,9,13H,5,12H2,(H,14,15);5H,1-4,7-8H2,(H,9,10);4H,2-3,6H2,1H3,(H,7,8). The van der Waals surface area contributed by atoms with Crippen molar-refractivity contribution in [2.24, 2.45) is 22.9 Å². The third-order valence-electron chi connectivity index (χ3n) is 4.67. The quantitative estimate of drug-likeness (QED) is 0.190. The maximum atomic E-state index is 10.6. The summed E-state index contributed by atoms with van der Waals surface area (Å²) in [6, 6.07) is 5.51. The maximum absolute atomic E-state index is 10.6. The zero-order chi connectivity index (χ0) is 26.1. The van der Waals surface area contributed by atoms with Gasteiger partial charge in [0.25, 0.3) is 0 Å². The lowest BCUT2D eigenvalue weighted by Gasteiger charge is -2.04. The Morgan fingerprint density at radius 2 is 1.47 bits per heavy atom. The van der Waals surface area contributed by atoms with Crippen LogP contribution in [0.5, 0.6) is 0 Å². The third kappa shape index (κ3) is 13.2. The van der Waals surface area contributed by atoms with Gasteiger partial charge in [0.2, 0.25) is 0 Å². The molecular weight excluding hydrogens is 462 g/mol. The summed E-state index contributed by atoms with van der Waals surface area (Å²) in [4.78, 5) is 33.9. The molecule has 1 aromatic carbocycles. The first-order chi connectivity index (χ1) is 16.0. The molecule has 11 nitrogen and oxygen atoms in total. The molecule has 12 N–H and O–H groups in total. The van der Waals surface area contributed by atoms with Crippen molar-refractivity contribution in [3.63, 3.8) is 0 Å². The Hall–Kier alpha value is -2.64. The molecule has 0 radical (unpaired) electrons. The first-order valence-corrected chi connectivity index (χ1v) is 12.1. The van der Waals surface area contributed by atoms with Crippen LogP contribution >= 0.6 is 11.8 Å². The van der Waals surface area contributed by atoms with Crippen LogP contribution in [0.2, 0.25) is 0 Å². The Morgan fingerprint density at radius 3 is 2.00 bits per heavy atom. The van der Waals surface area contributed by atoms with Gasteiger partial charge in [0.1, 0.15) is 18.1 Å². The average molecular weight is 500 g/mol. The summed E-state index contributed by atoms with van der Waals surface area (Å²) < 4.78 is 0. The van der Waals surface area contributed by atoms with Crippen molar-refractivity contribution in [1.29, 1.82) is 0 Å². The number of unbranched alkanes of at least 4 members (excludes halogenated alkanes) is 1. The van der Waals surface area contributed by atoms with Gasteiger partial charge >= 0.3 is 17.9 Å². The maximum Gasteiger partial charge on any atom is 0.320 e. The molecule has 3 unspecified atom stereocenters. The van der Waals surface area contributed by atoms with E-state index in [1.807, 2.05) is 36.7 Å². The highest BCUT2D eigenvalue weighted by Gasteiger charge is 2.14. The second-order valence-electron chi connectivity index (χ2n) is 7.46. The van der Waals surface area contributed by atoms with Gasteiger partial charge in [-0.1, -0.05) is 24.6 Å². The summed E-state index contributed by atoms with van der Waals surface area (Å²) in [5.74, 6) is -2.01. The predicted octanol–water partition coefficient (Wildman–Crippen LogP) is 0.801. The summed E-state index contributed by atoms with van der Waals surface area (Å²) >= 11 is 1.60. The third-order valence-corrected chi connectivity index (χ3v) is 5.31. The molecule has 2 aromatic rings. The monoisotopic (exact) mass is 499 g/mol. The number of aromatic nitrogens is 1. The molecule has 0 fully saturated rings. The minimum atomic E-state index is -0.972. The van der Waals surface area contributed by atoms with Crippen LogP contribution in [-0.2, 0) is 20.8 Å². The van der Waals surface area contributed by atoms with E-state index in [1.54, 1.807) is 11.8 Å². The van der Waals surface area contributed by atoms with Crippen molar-refractivity contribution < 1.29 is 29.7 Å². The number of rotatable bonds is 12. The van der Waals surface area contributed by atoms with Crippen LogP contribution in [-0.4, -0.2) is 74.9 Å². The zero-order valence-electron chi connectivity index (χ0n) is 19.4. The fourth-order valence-corrected chi connectivity index (χ4v) is 3.11. The normalized spacial score (nSPS) is 13.0. The van der Waals surface area contributed by atoms with Crippen molar-refractivity contribution in [3.05, 3.63) is 36.0 Å². The van der Waals surface area contributed by atoms with Gasteiger partial charge in [-0.2, -0.15) is 11.8 Å². The van der Waals surface area contributed by atoms with Crippen LogP contribution in [0, 0.1) is 0 Å². The molecule has 0 amide bonds. The highest BCUT2D eigenvalue weighted by atomic mass is 32.2. The lowest BCUT2D eigenvalue weighted by molar-refractivity contribution is -0.139. The van der Waals surface area contributed by atoms with Crippen LogP contribution in [0.1, 0.15) is 31.2 Å². The summed E-state index contributed by atoms with van der Waals surface area (Å²) in [5, 5.41) is 26.4. The molecule has 1 heterocycles. The number of carboxylic acid groups (broad SMARTS) is 3. The lowest BCUT2D eigenvalue weighted by atomic mass is 10.1. The Bertz CT molecular complexity index is 878. The number of carbonyl (C=O) groups is 3. The highest BCUT2D eigenvalue weighted by molar-refractivity contribution is 7.98. The molecule has 0 spiro atoms. The van der Waals surface area contributed by atoms with Crippen molar-refractivity contribution in [3.8, 4) is 0 Å². The van der Waals surface area contributed by atoms with E-state index in [1.165, 1.54) is 0 Å². The molecule has 0 aliphatic heterocycles. The summed E-state index contributed by atoms with van der Waals surface area (Å²) in [5.41, 5.74) is 23.0. The van der Waals surface area contributed by atoms with Crippen LogP contribution in [0.15, 0.2) is 30.5 Å². The Kier molecular flexibility index (Phi) is 16.4. The van der Waals surface area contributed by atoms with Gasteiger partial charge in [-0.25, -0.2) is 0 Å². The number of hydrogen-bond donors (Lipinski definition) is 8. The van der Waals surface area contributed by atoms with Crippen molar-refractivity contribution in [2.75, 3.05) is 18.6 Å². The molecule has 0 saturated carbocycles. The number of hydrogen-bond acceptors (Lipinski definition) is 8. The van der Waals surface area contributed by atoms with E-state index in [0.29, 0.717) is 25.8 Å². The number of benzene rings is 1. The summed E-state index contributed by atoms with van der Waals surface area (Å²) in [7, 11) is 0. The van der Waals surface area contributed by atoms with Crippen LogP contribution in [0.4, 0.5) is 0 Å². The van der Waals surface area contributed by atoms with E-state index in [4.69, 9.17) is 38.3 Å². The number of thioether (sulfide) groups is 1. The number of nitrogens with one attached hydrogen (secondary N) is 1. The van der Waals surface area contributed by atoms with E-state index in [2.05, 4.69) is 4.98 Å². The molecule has 0 saturated heterocycles. The molecule has 12 heteroatoms. The van der Waals surface area contributed by atoms with E-state index in [0.717, 1.165) is 35.1 Å².